The fourth-order valence-corrected chi connectivity index (χ4v) is 0.839. The van der Waals surface area contributed by atoms with Gasteiger partial charge in [-0.15, -0.1) is 0 Å². The molecule has 74 valence electrons. The van der Waals surface area contributed by atoms with Crippen LogP contribution in [-0.2, 0) is 6.54 Å². The average Bonchev–Trinajstić information content (AvgIpc) is 2.57. The highest BCUT2D eigenvalue weighted by Gasteiger charge is 2.15. The molecule has 0 aliphatic carbocycles. The van der Waals surface area contributed by atoms with Crippen LogP contribution in [0.5, 0.6) is 0 Å². The van der Waals surface area contributed by atoms with Crippen molar-refractivity contribution in [1.29, 1.82) is 0 Å². The number of nitrogens with zero attached hydrogens (tertiary/aromatic N) is 2. The summed E-state index contributed by atoms with van der Waals surface area (Å²) in [4.78, 5) is 3.86. The van der Waals surface area contributed by atoms with Crippen molar-refractivity contribution in [2.24, 2.45) is 5.41 Å². The molecule has 0 bridgehead atoms. The van der Waals surface area contributed by atoms with E-state index in [0.29, 0.717) is 12.4 Å². The summed E-state index contributed by atoms with van der Waals surface area (Å²) in [5.41, 5.74) is -0.107. The fraction of sp³-hybridized carbons (Fsp3) is 0.750. The number of aliphatic hydroxyl groups is 1. The number of aromatic nitrogens is 2. The molecule has 5 heteroatoms. The Bertz CT molecular complexity index is 234. The molecule has 0 unspecified atom stereocenters. The van der Waals surface area contributed by atoms with E-state index in [1.807, 2.05) is 13.8 Å². The molecule has 0 aliphatic rings. The molecule has 0 fully saturated rings. The minimum Gasteiger partial charge on any atom is -0.396 e. The summed E-state index contributed by atoms with van der Waals surface area (Å²) in [6.07, 6.45) is 1.30. The Morgan fingerprint density at radius 3 is 2.92 bits per heavy atom. The number of nitrogens with one attached hydrogen (secondary N) is 1. The van der Waals surface area contributed by atoms with Gasteiger partial charge in [0.2, 0.25) is 6.39 Å². The van der Waals surface area contributed by atoms with Crippen molar-refractivity contribution in [2.45, 2.75) is 20.4 Å². The Labute approximate surface area is 77.2 Å². The molecule has 0 aromatic carbocycles. The summed E-state index contributed by atoms with van der Waals surface area (Å²) in [6, 6.07) is 0. The zero-order valence-corrected chi connectivity index (χ0v) is 7.95. The third kappa shape index (κ3) is 3.52. The minimum absolute atomic E-state index is 0.107. The normalized spacial score (nSPS) is 11.9. The van der Waals surface area contributed by atoms with Gasteiger partial charge in [0, 0.05) is 18.6 Å². The first-order chi connectivity index (χ1) is 6.14. The molecule has 2 N–H and O–H groups in total. The first kappa shape index (κ1) is 10.1. The number of aliphatic hydroxyl groups excluding tert-OH is 1. The summed E-state index contributed by atoms with van der Waals surface area (Å²) < 4.78 is 4.57. The van der Waals surface area contributed by atoms with Gasteiger partial charge in [0.1, 0.15) is 0 Å². The predicted octanol–water partition coefficient (Wildman–Crippen LogP) is 0.178. The lowest BCUT2D eigenvalue weighted by molar-refractivity contribution is 0.156. The van der Waals surface area contributed by atoms with E-state index in [9.17, 15) is 0 Å². The zero-order chi connectivity index (χ0) is 9.73. The molecular weight excluding hydrogens is 170 g/mol. The van der Waals surface area contributed by atoms with Gasteiger partial charge in [-0.2, -0.15) is 4.98 Å². The van der Waals surface area contributed by atoms with Crippen LogP contribution in [0.2, 0.25) is 0 Å². The molecule has 1 aromatic rings. The van der Waals surface area contributed by atoms with Gasteiger partial charge in [0.25, 0.3) is 0 Å². The second kappa shape index (κ2) is 4.34. The number of rotatable bonds is 5. The second-order valence-electron chi connectivity index (χ2n) is 3.77. The molecule has 5 nitrogen and oxygen atoms in total. The maximum Gasteiger partial charge on any atom is 0.213 e. The van der Waals surface area contributed by atoms with Crippen molar-refractivity contribution < 1.29 is 9.63 Å². The first-order valence-corrected chi connectivity index (χ1v) is 4.21. The smallest absolute Gasteiger partial charge is 0.213 e. The zero-order valence-electron chi connectivity index (χ0n) is 7.95. The highest BCUT2D eigenvalue weighted by molar-refractivity contribution is 4.78. The van der Waals surface area contributed by atoms with Gasteiger partial charge < -0.3 is 14.9 Å². The van der Waals surface area contributed by atoms with Crippen molar-refractivity contribution in [3.8, 4) is 0 Å². The summed E-state index contributed by atoms with van der Waals surface area (Å²) in [5.74, 6) is 0.633. The number of hydrogen-bond acceptors (Lipinski definition) is 5. The molecule has 1 rings (SSSR count). The van der Waals surface area contributed by atoms with Crippen molar-refractivity contribution >= 4 is 0 Å². The quantitative estimate of drug-likeness (QED) is 0.684. The van der Waals surface area contributed by atoms with E-state index < -0.39 is 0 Å². The SMILES string of the molecule is CC(C)(CO)CNCc1ncon1. The van der Waals surface area contributed by atoms with Crippen LogP contribution >= 0.6 is 0 Å². The molecule has 0 aliphatic heterocycles. The van der Waals surface area contributed by atoms with E-state index in [1.54, 1.807) is 0 Å². The van der Waals surface area contributed by atoms with Crippen LogP contribution in [0.1, 0.15) is 19.7 Å². The van der Waals surface area contributed by atoms with Crippen LogP contribution in [0, 0.1) is 5.41 Å². The molecule has 0 radical (unpaired) electrons. The molecule has 13 heavy (non-hydrogen) atoms. The van der Waals surface area contributed by atoms with E-state index in [4.69, 9.17) is 5.11 Å². The van der Waals surface area contributed by atoms with Crippen LogP contribution in [0.4, 0.5) is 0 Å². The summed E-state index contributed by atoms with van der Waals surface area (Å²) >= 11 is 0. The Hall–Kier alpha value is -0.940. The number of hydrogen-bond donors (Lipinski definition) is 2. The first-order valence-electron chi connectivity index (χ1n) is 4.21. The van der Waals surface area contributed by atoms with Gasteiger partial charge in [-0.3, -0.25) is 0 Å². The van der Waals surface area contributed by atoms with E-state index >= 15 is 0 Å². The molecule has 0 saturated heterocycles. The van der Waals surface area contributed by atoms with Crippen molar-refractivity contribution in [2.75, 3.05) is 13.2 Å². The maximum atomic E-state index is 8.96. The molecule has 0 amide bonds. The summed E-state index contributed by atoms with van der Waals surface area (Å²) in [5, 5.41) is 15.7. The van der Waals surface area contributed by atoms with E-state index in [2.05, 4.69) is 20.0 Å². The molecule has 0 saturated carbocycles. The van der Waals surface area contributed by atoms with Crippen molar-refractivity contribution in [3.05, 3.63) is 12.2 Å². The summed E-state index contributed by atoms with van der Waals surface area (Å²) in [7, 11) is 0. The van der Waals surface area contributed by atoms with Crippen LogP contribution in [0.15, 0.2) is 10.9 Å². The largest absolute Gasteiger partial charge is 0.396 e. The van der Waals surface area contributed by atoms with E-state index in [0.717, 1.165) is 6.54 Å². The molecule has 1 aromatic heterocycles. The molecular formula is C8H15N3O2. The third-order valence-corrected chi connectivity index (χ3v) is 1.72. The minimum atomic E-state index is -0.107. The van der Waals surface area contributed by atoms with Gasteiger partial charge in [-0.1, -0.05) is 19.0 Å². The highest BCUT2D eigenvalue weighted by atomic mass is 16.5. The van der Waals surface area contributed by atoms with Gasteiger partial charge in [0.15, 0.2) is 5.82 Å². The van der Waals surface area contributed by atoms with Gasteiger partial charge >= 0.3 is 0 Å². The van der Waals surface area contributed by atoms with Gasteiger partial charge in [0.05, 0.1) is 6.54 Å². The summed E-state index contributed by atoms with van der Waals surface area (Å²) in [6.45, 7) is 5.41. The second-order valence-corrected chi connectivity index (χ2v) is 3.77. The standard InChI is InChI=1S/C8H15N3O2/c1-8(2,5-12)4-9-3-7-10-6-13-11-7/h6,9,12H,3-5H2,1-2H3. The van der Waals surface area contributed by atoms with Crippen molar-refractivity contribution in [1.82, 2.24) is 15.5 Å². The maximum absolute atomic E-state index is 8.96. The van der Waals surface area contributed by atoms with Crippen LogP contribution in [-0.4, -0.2) is 28.4 Å². The third-order valence-electron chi connectivity index (χ3n) is 1.72. The van der Waals surface area contributed by atoms with Crippen LogP contribution < -0.4 is 5.32 Å². The van der Waals surface area contributed by atoms with Crippen LogP contribution in [0.3, 0.4) is 0 Å². The molecule has 0 atom stereocenters. The Morgan fingerprint density at radius 2 is 2.38 bits per heavy atom. The van der Waals surface area contributed by atoms with Gasteiger partial charge in [-0.25, -0.2) is 0 Å². The fourth-order valence-electron chi connectivity index (χ4n) is 0.839. The van der Waals surface area contributed by atoms with Crippen LogP contribution in [0.25, 0.3) is 0 Å². The Morgan fingerprint density at radius 1 is 1.62 bits per heavy atom. The lowest BCUT2D eigenvalue weighted by atomic mass is 9.95. The van der Waals surface area contributed by atoms with Crippen molar-refractivity contribution in [3.63, 3.8) is 0 Å². The monoisotopic (exact) mass is 185 g/mol. The molecule has 0 spiro atoms. The lowest BCUT2D eigenvalue weighted by Gasteiger charge is -2.21. The molecule has 1 heterocycles. The predicted molar refractivity (Wildman–Crippen MR) is 46.9 cm³/mol. The highest BCUT2D eigenvalue weighted by Crippen LogP contribution is 2.11. The van der Waals surface area contributed by atoms with Gasteiger partial charge in [-0.05, 0) is 0 Å². The Balaban J connectivity index is 2.21. The lowest BCUT2D eigenvalue weighted by Crippen LogP contribution is -2.32. The topological polar surface area (TPSA) is 71.2 Å². The van der Waals surface area contributed by atoms with E-state index in [-0.39, 0.29) is 12.0 Å². The van der Waals surface area contributed by atoms with E-state index in [1.165, 1.54) is 6.39 Å². The average molecular weight is 185 g/mol. The Kier molecular flexibility index (Phi) is 3.39.